The zero-order chi connectivity index (χ0) is 6.85. The minimum Gasteiger partial charge on any atom is -0.297 e. The van der Waals surface area contributed by atoms with Gasteiger partial charge in [-0.25, -0.2) is 0 Å². The molecule has 1 aromatic rings. The lowest BCUT2D eigenvalue weighted by Gasteiger charge is -1.76. The lowest BCUT2D eigenvalue weighted by molar-refractivity contribution is 0.112. The molecule has 0 unspecified atom stereocenters. The van der Waals surface area contributed by atoms with Gasteiger partial charge in [0.15, 0.2) is 6.29 Å². The van der Waals surface area contributed by atoms with Crippen LogP contribution in [0.4, 0.5) is 0 Å². The number of aldehydes is 1. The molecule has 1 nitrogen and oxygen atoms in total. The van der Waals surface area contributed by atoms with Crippen LogP contribution in [0, 0.1) is 10.5 Å². The normalized spacial score (nSPS) is 9.56. The Morgan fingerprint density at radius 3 is 2.67 bits per heavy atom. The van der Waals surface area contributed by atoms with Gasteiger partial charge in [-0.1, -0.05) is 0 Å². The molecule has 1 rings (SSSR count). The fourth-order valence-electron chi connectivity index (χ4n) is 0.582. The molecule has 3 heteroatoms. The van der Waals surface area contributed by atoms with Crippen LogP contribution < -0.4 is 0 Å². The topological polar surface area (TPSA) is 17.1 Å². The zero-order valence-electron chi connectivity index (χ0n) is 4.85. The first-order valence-corrected chi connectivity index (χ1v) is 4.34. The van der Waals surface area contributed by atoms with Crippen LogP contribution in [0.25, 0.3) is 0 Å². The molecule has 9 heavy (non-hydrogen) atoms. The van der Waals surface area contributed by atoms with Gasteiger partial charge in [-0.05, 0) is 35.6 Å². The van der Waals surface area contributed by atoms with Gasteiger partial charge in [-0.15, -0.1) is 11.3 Å². The van der Waals surface area contributed by atoms with Crippen molar-refractivity contribution >= 4 is 40.2 Å². The molecule has 0 aliphatic heterocycles. The zero-order valence-corrected chi connectivity index (χ0v) is 7.82. The minimum atomic E-state index is 0.841. The van der Waals surface area contributed by atoms with Crippen LogP contribution in [-0.2, 0) is 0 Å². The van der Waals surface area contributed by atoms with Gasteiger partial charge in [-0.3, -0.25) is 4.79 Å². The van der Waals surface area contributed by atoms with Gasteiger partial charge in [0.2, 0.25) is 0 Å². The molecule has 0 aromatic carbocycles. The number of carbonyl (C=O) groups excluding carboxylic acids is 1. The van der Waals surface area contributed by atoms with Crippen molar-refractivity contribution in [3.8, 4) is 0 Å². The van der Waals surface area contributed by atoms with Gasteiger partial charge in [0.05, 0.1) is 4.88 Å². The van der Waals surface area contributed by atoms with E-state index in [9.17, 15) is 4.79 Å². The maximum atomic E-state index is 10.2. The molecule has 0 radical (unpaired) electrons. The quantitative estimate of drug-likeness (QED) is 0.554. The summed E-state index contributed by atoms with van der Waals surface area (Å²) in [5.41, 5.74) is 0. The first-order chi connectivity index (χ1) is 4.24. The summed E-state index contributed by atoms with van der Waals surface area (Å²) in [6.45, 7) is 2.00. The number of halogens is 1. The van der Waals surface area contributed by atoms with Crippen LogP contribution in [0.15, 0.2) is 6.07 Å². The van der Waals surface area contributed by atoms with E-state index in [0.29, 0.717) is 0 Å². The van der Waals surface area contributed by atoms with E-state index >= 15 is 0 Å². The van der Waals surface area contributed by atoms with Crippen molar-refractivity contribution in [1.82, 2.24) is 0 Å². The molecule has 0 amide bonds. The molecule has 1 aromatic heterocycles. The van der Waals surface area contributed by atoms with Crippen molar-refractivity contribution in [1.29, 1.82) is 0 Å². The average Bonchev–Trinajstić information content (AvgIpc) is 2.10. The van der Waals surface area contributed by atoms with E-state index in [2.05, 4.69) is 22.6 Å². The van der Waals surface area contributed by atoms with E-state index in [1.54, 1.807) is 0 Å². The lowest BCUT2D eigenvalue weighted by atomic mass is 10.5. The summed E-state index contributed by atoms with van der Waals surface area (Å²) in [5.74, 6) is 0. The Morgan fingerprint density at radius 1 is 1.78 bits per heavy atom. The third-order valence-corrected chi connectivity index (χ3v) is 3.18. The van der Waals surface area contributed by atoms with Crippen molar-refractivity contribution in [3.63, 3.8) is 0 Å². The number of hydrogen-bond donors (Lipinski definition) is 0. The molecule has 0 spiro atoms. The summed E-state index contributed by atoms with van der Waals surface area (Å²) in [5, 5.41) is 0. The molecule has 0 saturated carbocycles. The van der Waals surface area contributed by atoms with E-state index in [4.69, 9.17) is 0 Å². The predicted octanol–water partition coefficient (Wildman–Crippen LogP) is 2.47. The van der Waals surface area contributed by atoms with E-state index < -0.39 is 0 Å². The number of hydrogen-bond acceptors (Lipinski definition) is 2. The Morgan fingerprint density at radius 2 is 2.44 bits per heavy atom. The van der Waals surface area contributed by atoms with Crippen molar-refractivity contribution in [2.24, 2.45) is 0 Å². The van der Waals surface area contributed by atoms with Crippen molar-refractivity contribution in [3.05, 3.63) is 19.4 Å². The smallest absolute Gasteiger partial charge is 0.161 e. The van der Waals surface area contributed by atoms with Crippen LogP contribution in [0.1, 0.15) is 14.5 Å². The highest BCUT2D eigenvalue weighted by Crippen LogP contribution is 2.20. The van der Waals surface area contributed by atoms with Crippen LogP contribution in [0.2, 0.25) is 0 Å². The van der Waals surface area contributed by atoms with E-state index in [1.807, 2.05) is 13.0 Å². The monoisotopic (exact) mass is 252 g/mol. The third-order valence-electron chi connectivity index (χ3n) is 0.943. The molecule has 0 atom stereocenters. The summed E-state index contributed by atoms with van der Waals surface area (Å²) in [4.78, 5) is 12.3. The van der Waals surface area contributed by atoms with Gasteiger partial charge >= 0.3 is 0 Å². The Balaban J connectivity index is 3.15. The highest BCUT2D eigenvalue weighted by Gasteiger charge is 2.00. The van der Waals surface area contributed by atoms with Gasteiger partial charge in [0.25, 0.3) is 0 Å². The standard InChI is InChI=1S/C6H5IOS/c1-4-2-5(7)6(3-8)9-4/h2-3H,1H3. The largest absolute Gasteiger partial charge is 0.297 e. The Labute approximate surface area is 71.2 Å². The summed E-state index contributed by atoms with van der Waals surface area (Å²) in [6.07, 6.45) is 0.902. The van der Waals surface area contributed by atoms with Crippen molar-refractivity contribution < 1.29 is 4.79 Å². The molecule has 0 aliphatic carbocycles. The van der Waals surface area contributed by atoms with Gasteiger partial charge < -0.3 is 0 Å². The number of aryl methyl sites for hydroxylation is 1. The molecular formula is C6H5IOS. The van der Waals surface area contributed by atoms with Crippen LogP contribution in [0.3, 0.4) is 0 Å². The van der Waals surface area contributed by atoms with Gasteiger partial charge in [-0.2, -0.15) is 0 Å². The average molecular weight is 252 g/mol. The van der Waals surface area contributed by atoms with Crippen LogP contribution in [0.5, 0.6) is 0 Å². The molecular weight excluding hydrogens is 247 g/mol. The fourth-order valence-corrected chi connectivity index (χ4v) is 2.45. The van der Waals surface area contributed by atoms with Crippen molar-refractivity contribution in [2.45, 2.75) is 6.92 Å². The Bertz CT molecular complexity index is 229. The Hall–Kier alpha value is 0.1000. The van der Waals surface area contributed by atoms with Gasteiger partial charge in [0, 0.05) is 8.45 Å². The first-order valence-electron chi connectivity index (χ1n) is 2.45. The molecule has 0 fully saturated rings. The summed E-state index contributed by atoms with van der Waals surface area (Å²) in [6, 6.07) is 2.01. The Kier molecular flexibility index (Phi) is 2.23. The minimum absolute atomic E-state index is 0.841. The second kappa shape index (κ2) is 2.79. The summed E-state index contributed by atoms with van der Waals surface area (Å²) < 4.78 is 1.06. The van der Waals surface area contributed by atoms with E-state index in [0.717, 1.165) is 14.7 Å². The van der Waals surface area contributed by atoms with Gasteiger partial charge in [0.1, 0.15) is 0 Å². The second-order valence-corrected chi connectivity index (χ2v) is 4.14. The molecule has 0 saturated heterocycles. The highest BCUT2D eigenvalue weighted by atomic mass is 127. The highest BCUT2D eigenvalue weighted by molar-refractivity contribution is 14.1. The lowest BCUT2D eigenvalue weighted by Crippen LogP contribution is -1.71. The maximum absolute atomic E-state index is 10.2. The molecule has 1 heterocycles. The summed E-state index contributed by atoms with van der Waals surface area (Å²) in [7, 11) is 0. The number of rotatable bonds is 1. The fraction of sp³-hybridized carbons (Fsp3) is 0.167. The second-order valence-electron chi connectivity index (χ2n) is 1.69. The number of thiophene rings is 1. The van der Waals surface area contributed by atoms with Crippen LogP contribution >= 0.6 is 33.9 Å². The third kappa shape index (κ3) is 1.52. The summed E-state index contributed by atoms with van der Waals surface area (Å²) >= 11 is 3.70. The van der Waals surface area contributed by atoms with E-state index in [-0.39, 0.29) is 0 Å². The molecule has 0 bridgehead atoms. The number of carbonyl (C=O) groups is 1. The SMILES string of the molecule is Cc1cc(I)c(C=O)s1. The van der Waals surface area contributed by atoms with Crippen molar-refractivity contribution in [2.75, 3.05) is 0 Å². The van der Waals surface area contributed by atoms with Crippen LogP contribution in [-0.4, -0.2) is 6.29 Å². The molecule has 0 N–H and O–H groups in total. The van der Waals surface area contributed by atoms with E-state index in [1.165, 1.54) is 16.2 Å². The molecule has 0 aliphatic rings. The molecule has 48 valence electrons. The maximum Gasteiger partial charge on any atom is 0.161 e. The first kappa shape index (κ1) is 7.21. The predicted molar refractivity (Wildman–Crippen MR) is 47.2 cm³/mol.